The van der Waals surface area contributed by atoms with Crippen molar-refractivity contribution in [1.29, 1.82) is 0 Å². The third-order valence-electron chi connectivity index (χ3n) is 3.99. The average Bonchev–Trinajstić information content (AvgIpc) is 2.70. The molecule has 0 unspecified atom stereocenters. The highest BCUT2D eigenvalue weighted by molar-refractivity contribution is 5.91. The molecule has 0 heterocycles. The van der Waals surface area contributed by atoms with E-state index in [1.807, 2.05) is 0 Å². The zero-order chi connectivity index (χ0) is 21.6. The molecule has 0 bridgehead atoms. The van der Waals surface area contributed by atoms with Crippen molar-refractivity contribution in [3.8, 4) is 0 Å². The van der Waals surface area contributed by atoms with Gasteiger partial charge in [0.15, 0.2) is 0 Å². The van der Waals surface area contributed by atoms with Crippen molar-refractivity contribution in [3.63, 3.8) is 0 Å². The van der Waals surface area contributed by atoms with Gasteiger partial charge in [-0.05, 0) is 50.2 Å². The molecule has 0 atom stereocenters. The van der Waals surface area contributed by atoms with E-state index in [-0.39, 0.29) is 11.1 Å². The highest BCUT2D eigenvalue weighted by atomic mass is 16.4. The topological polar surface area (TPSA) is 127 Å². The summed E-state index contributed by atoms with van der Waals surface area (Å²) in [7, 11) is 0. The molecule has 1 rings (SSSR count). The molecule has 6 N–H and O–H groups in total. The summed E-state index contributed by atoms with van der Waals surface area (Å²) < 4.78 is 0. The van der Waals surface area contributed by atoms with Gasteiger partial charge in [0.2, 0.25) is 0 Å². The Hall–Kier alpha value is -1.92. The van der Waals surface area contributed by atoms with Crippen LogP contribution in [0, 0.1) is 0 Å². The van der Waals surface area contributed by atoms with E-state index in [2.05, 4.69) is 13.8 Å². The van der Waals surface area contributed by atoms with Crippen LogP contribution in [-0.4, -0.2) is 35.2 Å². The van der Waals surface area contributed by atoms with Gasteiger partial charge in [-0.2, -0.15) is 0 Å². The van der Waals surface area contributed by atoms with Crippen molar-refractivity contribution < 1.29 is 19.8 Å². The van der Waals surface area contributed by atoms with Crippen molar-refractivity contribution >= 4 is 11.9 Å². The predicted octanol–water partition coefficient (Wildman–Crippen LogP) is 4.91. The summed E-state index contributed by atoms with van der Waals surface area (Å²) in [6.45, 7) is 6.18. The Labute approximate surface area is 170 Å². The third-order valence-corrected chi connectivity index (χ3v) is 3.99. The van der Waals surface area contributed by atoms with Crippen LogP contribution in [0.2, 0.25) is 0 Å². The number of hydrogen-bond acceptors (Lipinski definition) is 4. The second-order valence-corrected chi connectivity index (χ2v) is 6.59. The zero-order valence-corrected chi connectivity index (χ0v) is 17.7. The molecule has 28 heavy (non-hydrogen) atoms. The van der Waals surface area contributed by atoms with Gasteiger partial charge < -0.3 is 21.7 Å². The van der Waals surface area contributed by atoms with Crippen LogP contribution in [0.5, 0.6) is 0 Å². The fourth-order valence-corrected chi connectivity index (χ4v) is 2.25. The first-order valence-electron chi connectivity index (χ1n) is 10.4. The first kappa shape index (κ1) is 28.3. The SMILES string of the molecule is CCCCCCCN.CCCCCCCN.O=C(O)c1ccc(C(=O)O)cc1. The van der Waals surface area contributed by atoms with Crippen LogP contribution in [0.1, 0.15) is 98.8 Å². The summed E-state index contributed by atoms with van der Waals surface area (Å²) in [5.74, 6) is -2.13. The van der Waals surface area contributed by atoms with Crippen molar-refractivity contribution in [2.45, 2.75) is 78.1 Å². The number of carboxylic acid groups (broad SMARTS) is 2. The molecule has 0 fully saturated rings. The van der Waals surface area contributed by atoms with E-state index >= 15 is 0 Å². The van der Waals surface area contributed by atoms with Crippen molar-refractivity contribution in [2.75, 3.05) is 13.1 Å². The largest absolute Gasteiger partial charge is 0.478 e. The van der Waals surface area contributed by atoms with Gasteiger partial charge in [-0.15, -0.1) is 0 Å². The minimum atomic E-state index is -1.06. The molecule has 0 amide bonds. The number of carbonyl (C=O) groups is 2. The van der Waals surface area contributed by atoms with Gasteiger partial charge in [0.1, 0.15) is 0 Å². The molecule has 6 nitrogen and oxygen atoms in total. The summed E-state index contributed by atoms with van der Waals surface area (Å²) in [6.07, 6.45) is 13.2. The number of carboxylic acids is 2. The molecule has 0 saturated heterocycles. The summed E-state index contributed by atoms with van der Waals surface area (Å²) in [5.41, 5.74) is 10.8. The molecular formula is C22H40N2O4. The van der Waals surface area contributed by atoms with E-state index in [0.29, 0.717) is 0 Å². The van der Waals surface area contributed by atoms with Crippen LogP contribution in [0.4, 0.5) is 0 Å². The molecule has 0 aliphatic heterocycles. The lowest BCUT2D eigenvalue weighted by molar-refractivity contribution is 0.0681. The zero-order valence-electron chi connectivity index (χ0n) is 17.7. The van der Waals surface area contributed by atoms with Crippen molar-refractivity contribution in [3.05, 3.63) is 35.4 Å². The molecule has 0 radical (unpaired) electrons. The quantitative estimate of drug-likeness (QED) is 0.372. The molecular weight excluding hydrogens is 356 g/mol. The molecule has 0 spiro atoms. The molecule has 0 aliphatic rings. The molecule has 0 aliphatic carbocycles. The Morgan fingerprint density at radius 3 is 1.14 bits per heavy atom. The van der Waals surface area contributed by atoms with Gasteiger partial charge in [0.25, 0.3) is 0 Å². The Morgan fingerprint density at radius 2 is 0.929 bits per heavy atom. The second kappa shape index (κ2) is 21.4. The van der Waals surface area contributed by atoms with Crippen LogP contribution in [0.3, 0.4) is 0 Å². The standard InChI is InChI=1S/C8H6O4.2C7H17N/c9-7(10)5-1-2-6(4-3-5)8(11)12;2*1-2-3-4-5-6-7-8/h1-4H,(H,9,10)(H,11,12);2*2-8H2,1H3. The molecule has 162 valence electrons. The highest BCUT2D eigenvalue weighted by Gasteiger charge is 2.04. The van der Waals surface area contributed by atoms with Gasteiger partial charge in [0, 0.05) is 0 Å². The number of hydrogen-bond donors (Lipinski definition) is 4. The van der Waals surface area contributed by atoms with E-state index < -0.39 is 11.9 Å². The second-order valence-electron chi connectivity index (χ2n) is 6.59. The number of nitrogens with two attached hydrogens (primary N) is 2. The smallest absolute Gasteiger partial charge is 0.335 e. The molecule has 0 saturated carbocycles. The van der Waals surface area contributed by atoms with E-state index in [1.165, 1.54) is 88.5 Å². The first-order valence-corrected chi connectivity index (χ1v) is 10.4. The van der Waals surface area contributed by atoms with Crippen LogP contribution in [-0.2, 0) is 0 Å². The van der Waals surface area contributed by atoms with Gasteiger partial charge >= 0.3 is 11.9 Å². The van der Waals surface area contributed by atoms with E-state index in [4.69, 9.17) is 21.7 Å². The predicted molar refractivity (Wildman–Crippen MR) is 116 cm³/mol. The van der Waals surface area contributed by atoms with Crippen LogP contribution >= 0.6 is 0 Å². The fraction of sp³-hybridized carbons (Fsp3) is 0.636. The highest BCUT2D eigenvalue weighted by Crippen LogP contribution is 2.04. The normalized spacial score (nSPS) is 9.57. The Kier molecular flexibility index (Phi) is 21.6. The van der Waals surface area contributed by atoms with E-state index in [0.717, 1.165) is 13.1 Å². The monoisotopic (exact) mass is 396 g/mol. The maximum atomic E-state index is 10.3. The molecule has 6 heteroatoms. The van der Waals surface area contributed by atoms with Gasteiger partial charge in [0.05, 0.1) is 11.1 Å². The minimum absolute atomic E-state index is 0.0833. The van der Waals surface area contributed by atoms with Crippen molar-refractivity contribution in [1.82, 2.24) is 0 Å². The lowest BCUT2D eigenvalue weighted by atomic mass is 10.1. The van der Waals surface area contributed by atoms with Gasteiger partial charge in [-0.25, -0.2) is 9.59 Å². The number of unbranched alkanes of at least 4 members (excludes halogenated alkanes) is 8. The van der Waals surface area contributed by atoms with Crippen LogP contribution < -0.4 is 11.5 Å². The number of aromatic carboxylic acids is 2. The summed E-state index contributed by atoms with van der Waals surface area (Å²) in [4.78, 5) is 20.7. The van der Waals surface area contributed by atoms with Gasteiger partial charge in [-0.3, -0.25) is 0 Å². The van der Waals surface area contributed by atoms with Crippen LogP contribution in [0.15, 0.2) is 24.3 Å². The van der Waals surface area contributed by atoms with Crippen LogP contribution in [0.25, 0.3) is 0 Å². The van der Waals surface area contributed by atoms with E-state index in [9.17, 15) is 9.59 Å². The Bertz CT molecular complexity index is 433. The summed E-state index contributed by atoms with van der Waals surface area (Å²) in [5, 5.41) is 16.9. The Morgan fingerprint density at radius 1 is 0.643 bits per heavy atom. The first-order chi connectivity index (χ1) is 13.4. The fourth-order valence-electron chi connectivity index (χ4n) is 2.25. The lowest BCUT2D eigenvalue weighted by Crippen LogP contribution is -1.99. The lowest BCUT2D eigenvalue weighted by Gasteiger charge is -1.94. The Balaban J connectivity index is 0. The summed E-state index contributed by atoms with van der Waals surface area (Å²) >= 11 is 0. The molecule has 1 aromatic carbocycles. The third kappa shape index (κ3) is 18.9. The number of rotatable bonds is 12. The minimum Gasteiger partial charge on any atom is -0.478 e. The molecule has 1 aromatic rings. The van der Waals surface area contributed by atoms with Crippen molar-refractivity contribution in [2.24, 2.45) is 11.5 Å². The van der Waals surface area contributed by atoms with E-state index in [1.54, 1.807) is 0 Å². The number of benzene rings is 1. The summed E-state index contributed by atoms with van der Waals surface area (Å²) in [6, 6.07) is 5.02. The average molecular weight is 397 g/mol. The maximum absolute atomic E-state index is 10.3. The van der Waals surface area contributed by atoms with Gasteiger partial charge in [-0.1, -0.05) is 65.2 Å². The molecule has 0 aromatic heterocycles. The maximum Gasteiger partial charge on any atom is 0.335 e.